The SMILES string of the molecule is CCOCC(C)NCCNC(=O)C1CC1. The van der Waals surface area contributed by atoms with Crippen molar-refractivity contribution in [1.29, 1.82) is 0 Å². The minimum absolute atomic E-state index is 0.217. The van der Waals surface area contributed by atoms with Crippen LogP contribution in [0.15, 0.2) is 0 Å². The maximum atomic E-state index is 11.3. The number of hydrogen-bond donors (Lipinski definition) is 2. The van der Waals surface area contributed by atoms with Gasteiger partial charge < -0.3 is 15.4 Å². The molecule has 1 unspecified atom stereocenters. The normalized spacial score (nSPS) is 17.5. The molecule has 4 heteroatoms. The van der Waals surface area contributed by atoms with Gasteiger partial charge in [0, 0.05) is 31.7 Å². The highest BCUT2D eigenvalue weighted by molar-refractivity contribution is 5.80. The summed E-state index contributed by atoms with van der Waals surface area (Å²) >= 11 is 0. The standard InChI is InChI=1S/C11H22N2O2/c1-3-15-8-9(2)12-6-7-13-11(14)10-4-5-10/h9-10,12H,3-8H2,1-2H3,(H,13,14). The second-order valence-corrected chi connectivity index (χ2v) is 4.08. The van der Waals surface area contributed by atoms with Gasteiger partial charge in [-0.15, -0.1) is 0 Å². The Balaban J connectivity index is 1.89. The third kappa shape index (κ3) is 5.74. The van der Waals surface area contributed by atoms with Crippen molar-refractivity contribution < 1.29 is 9.53 Å². The molecule has 0 spiro atoms. The zero-order chi connectivity index (χ0) is 11.1. The van der Waals surface area contributed by atoms with Gasteiger partial charge in [0.05, 0.1) is 6.61 Å². The Hall–Kier alpha value is -0.610. The number of nitrogens with one attached hydrogen (secondary N) is 2. The maximum Gasteiger partial charge on any atom is 0.223 e. The zero-order valence-corrected chi connectivity index (χ0v) is 9.71. The van der Waals surface area contributed by atoms with Crippen LogP contribution in [0.5, 0.6) is 0 Å². The topological polar surface area (TPSA) is 50.4 Å². The molecule has 0 aromatic heterocycles. The molecule has 15 heavy (non-hydrogen) atoms. The van der Waals surface area contributed by atoms with Crippen LogP contribution in [0.2, 0.25) is 0 Å². The Bertz CT molecular complexity index is 193. The van der Waals surface area contributed by atoms with Crippen LogP contribution in [0.4, 0.5) is 0 Å². The lowest BCUT2D eigenvalue weighted by atomic mass is 10.3. The molecule has 1 aliphatic carbocycles. The molecule has 1 atom stereocenters. The fourth-order valence-electron chi connectivity index (χ4n) is 1.35. The average Bonchev–Trinajstić information content (AvgIpc) is 3.04. The summed E-state index contributed by atoms with van der Waals surface area (Å²) in [5.74, 6) is 0.528. The molecule has 0 aromatic carbocycles. The van der Waals surface area contributed by atoms with E-state index in [4.69, 9.17) is 4.74 Å². The third-order valence-electron chi connectivity index (χ3n) is 2.44. The van der Waals surface area contributed by atoms with Crippen LogP contribution in [0.25, 0.3) is 0 Å². The monoisotopic (exact) mass is 214 g/mol. The first-order valence-corrected chi connectivity index (χ1v) is 5.83. The number of amides is 1. The van der Waals surface area contributed by atoms with Crippen molar-refractivity contribution in [3.8, 4) is 0 Å². The highest BCUT2D eigenvalue weighted by Gasteiger charge is 2.28. The summed E-state index contributed by atoms with van der Waals surface area (Å²) in [6.45, 7) is 7.08. The van der Waals surface area contributed by atoms with Crippen molar-refractivity contribution in [2.24, 2.45) is 5.92 Å². The van der Waals surface area contributed by atoms with Crippen LogP contribution in [0, 0.1) is 5.92 Å². The van der Waals surface area contributed by atoms with Crippen LogP contribution in [-0.4, -0.2) is 38.3 Å². The van der Waals surface area contributed by atoms with Crippen LogP contribution >= 0.6 is 0 Å². The van der Waals surface area contributed by atoms with Gasteiger partial charge in [-0.05, 0) is 26.7 Å². The van der Waals surface area contributed by atoms with Crippen molar-refractivity contribution in [3.05, 3.63) is 0 Å². The lowest BCUT2D eigenvalue weighted by Crippen LogP contribution is -2.38. The Morgan fingerprint density at radius 1 is 1.47 bits per heavy atom. The second kappa shape index (κ2) is 6.80. The molecule has 0 heterocycles. The van der Waals surface area contributed by atoms with Gasteiger partial charge in [-0.3, -0.25) is 4.79 Å². The molecule has 0 bridgehead atoms. The lowest BCUT2D eigenvalue weighted by molar-refractivity contribution is -0.122. The molecular formula is C11H22N2O2. The number of carbonyl (C=O) groups excluding carboxylic acids is 1. The fourth-order valence-corrected chi connectivity index (χ4v) is 1.35. The van der Waals surface area contributed by atoms with Gasteiger partial charge >= 0.3 is 0 Å². The summed E-state index contributed by atoms with van der Waals surface area (Å²) in [5, 5.41) is 6.21. The smallest absolute Gasteiger partial charge is 0.223 e. The van der Waals surface area contributed by atoms with Crippen LogP contribution in [-0.2, 0) is 9.53 Å². The van der Waals surface area contributed by atoms with E-state index in [1.54, 1.807) is 0 Å². The van der Waals surface area contributed by atoms with Crippen molar-refractivity contribution in [2.75, 3.05) is 26.3 Å². The van der Waals surface area contributed by atoms with E-state index in [9.17, 15) is 4.79 Å². The molecule has 1 saturated carbocycles. The quantitative estimate of drug-likeness (QED) is 0.579. The van der Waals surface area contributed by atoms with Gasteiger partial charge in [0.1, 0.15) is 0 Å². The molecule has 0 aromatic rings. The second-order valence-electron chi connectivity index (χ2n) is 4.08. The predicted molar refractivity (Wildman–Crippen MR) is 59.7 cm³/mol. The average molecular weight is 214 g/mol. The van der Waals surface area contributed by atoms with E-state index in [1.165, 1.54) is 0 Å². The van der Waals surface area contributed by atoms with Gasteiger partial charge in [0.25, 0.3) is 0 Å². The summed E-state index contributed by atoms with van der Waals surface area (Å²) in [4.78, 5) is 11.3. The van der Waals surface area contributed by atoms with Crippen molar-refractivity contribution in [1.82, 2.24) is 10.6 Å². The summed E-state index contributed by atoms with van der Waals surface area (Å²) in [6, 6.07) is 0.350. The predicted octanol–water partition coefficient (Wildman–Crippen LogP) is 0.527. The maximum absolute atomic E-state index is 11.3. The Morgan fingerprint density at radius 3 is 2.80 bits per heavy atom. The molecule has 0 aliphatic heterocycles. The van der Waals surface area contributed by atoms with E-state index < -0.39 is 0 Å². The molecule has 88 valence electrons. The van der Waals surface area contributed by atoms with Crippen LogP contribution in [0.3, 0.4) is 0 Å². The minimum Gasteiger partial charge on any atom is -0.380 e. The molecule has 1 amide bonds. The van der Waals surface area contributed by atoms with Gasteiger partial charge in [-0.25, -0.2) is 0 Å². The zero-order valence-electron chi connectivity index (χ0n) is 9.71. The van der Waals surface area contributed by atoms with Gasteiger partial charge in [0.15, 0.2) is 0 Å². The van der Waals surface area contributed by atoms with Gasteiger partial charge in [-0.1, -0.05) is 0 Å². The summed E-state index contributed by atoms with van der Waals surface area (Å²) < 4.78 is 5.27. The number of rotatable bonds is 8. The van der Waals surface area contributed by atoms with E-state index in [1.807, 2.05) is 6.92 Å². The van der Waals surface area contributed by atoms with E-state index in [0.717, 1.165) is 32.6 Å². The summed E-state index contributed by atoms with van der Waals surface area (Å²) in [5.41, 5.74) is 0. The molecule has 0 saturated heterocycles. The molecule has 1 rings (SSSR count). The highest BCUT2D eigenvalue weighted by Crippen LogP contribution is 2.28. The molecule has 4 nitrogen and oxygen atoms in total. The molecule has 1 aliphatic rings. The summed E-state index contributed by atoms with van der Waals surface area (Å²) in [6.07, 6.45) is 2.14. The van der Waals surface area contributed by atoms with E-state index in [0.29, 0.717) is 18.5 Å². The fraction of sp³-hybridized carbons (Fsp3) is 0.909. The molecule has 2 N–H and O–H groups in total. The lowest BCUT2D eigenvalue weighted by Gasteiger charge is -2.13. The Kier molecular flexibility index (Phi) is 5.65. The van der Waals surface area contributed by atoms with Crippen LogP contribution in [0.1, 0.15) is 26.7 Å². The highest BCUT2D eigenvalue weighted by atomic mass is 16.5. The van der Waals surface area contributed by atoms with Crippen LogP contribution < -0.4 is 10.6 Å². The van der Waals surface area contributed by atoms with Gasteiger partial charge in [0.2, 0.25) is 5.91 Å². The molecule has 0 radical (unpaired) electrons. The Labute approximate surface area is 91.8 Å². The first kappa shape index (κ1) is 12.5. The van der Waals surface area contributed by atoms with Crippen molar-refractivity contribution >= 4 is 5.91 Å². The van der Waals surface area contributed by atoms with E-state index in [-0.39, 0.29) is 5.91 Å². The molecule has 1 fully saturated rings. The first-order valence-electron chi connectivity index (χ1n) is 5.83. The van der Waals surface area contributed by atoms with Crippen molar-refractivity contribution in [3.63, 3.8) is 0 Å². The first-order chi connectivity index (χ1) is 7.24. The van der Waals surface area contributed by atoms with Crippen molar-refractivity contribution in [2.45, 2.75) is 32.7 Å². The van der Waals surface area contributed by atoms with E-state index in [2.05, 4.69) is 17.6 Å². The number of ether oxygens (including phenoxy) is 1. The van der Waals surface area contributed by atoms with Gasteiger partial charge in [-0.2, -0.15) is 0 Å². The minimum atomic E-state index is 0.217. The summed E-state index contributed by atoms with van der Waals surface area (Å²) in [7, 11) is 0. The van der Waals surface area contributed by atoms with E-state index >= 15 is 0 Å². The molecular weight excluding hydrogens is 192 g/mol. The largest absolute Gasteiger partial charge is 0.380 e. The number of hydrogen-bond acceptors (Lipinski definition) is 3. The third-order valence-corrected chi connectivity index (χ3v) is 2.44. The number of carbonyl (C=O) groups is 1. The Morgan fingerprint density at radius 2 is 2.20 bits per heavy atom.